The van der Waals surface area contributed by atoms with Gasteiger partial charge in [-0.2, -0.15) is 0 Å². The lowest BCUT2D eigenvalue weighted by atomic mass is 10.0. The van der Waals surface area contributed by atoms with Crippen molar-refractivity contribution in [1.82, 2.24) is 4.98 Å². The zero-order chi connectivity index (χ0) is 17.3. The SMILES string of the molecule is O=C(CCC(=O)c1ncccc1Cl)c1ccc2c(c1)OC(F)(F)O2. The van der Waals surface area contributed by atoms with E-state index in [1.165, 1.54) is 24.4 Å². The van der Waals surface area contributed by atoms with E-state index in [-0.39, 0.29) is 46.4 Å². The van der Waals surface area contributed by atoms with Crippen molar-refractivity contribution in [3.8, 4) is 11.5 Å². The number of nitrogens with zero attached hydrogens (tertiary/aromatic N) is 1. The molecule has 1 aliphatic rings. The summed E-state index contributed by atoms with van der Waals surface area (Å²) in [6.45, 7) is 0. The monoisotopic (exact) mass is 353 g/mol. The molecule has 0 bridgehead atoms. The van der Waals surface area contributed by atoms with E-state index < -0.39 is 12.1 Å². The molecule has 2 aromatic rings. The molecule has 0 saturated carbocycles. The fraction of sp³-hybridized carbons (Fsp3) is 0.188. The van der Waals surface area contributed by atoms with Gasteiger partial charge >= 0.3 is 6.29 Å². The van der Waals surface area contributed by atoms with Gasteiger partial charge in [0.1, 0.15) is 5.69 Å². The van der Waals surface area contributed by atoms with Gasteiger partial charge < -0.3 is 9.47 Å². The highest BCUT2D eigenvalue weighted by atomic mass is 35.5. The number of aromatic nitrogens is 1. The van der Waals surface area contributed by atoms with Crippen molar-refractivity contribution in [2.24, 2.45) is 0 Å². The molecule has 0 saturated heterocycles. The highest BCUT2D eigenvalue weighted by Crippen LogP contribution is 2.41. The molecule has 0 fully saturated rings. The lowest BCUT2D eigenvalue weighted by molar-refractivity contribution is -0.286. The van der Waals surface area contributed by atoms with Gasteiger partial charge in [0.2, 0.25) is 0 Å². The van der Waals surface area contributed by atoms with Gasteiger partial charge in [-0.3, -0.25) is 14.6 Å². The number of halogens is 3. The average molecular weight is 354 g/mol. The number of rotatable bonds is 5. The Labute approximate surface area is 140 Å². The molecule has 2 heterocycles. The summed E-state index contributed by atoms with van der Waals surface area (Å²) in [6, 6.07) is 6.84. The first-order valence-corrected chi connectivity index (χ1v) is 7.30. The van der Waals surface area contributed by atoms with Crippen LogP contribution in [0.3, 0.4) is 0 Å². The molecule has 124 valence electrons. The second-order valence-electron chi connectivity index (χ2n) is 5.01. The third kappa shape index (κ3) is 3.35. The predicted molar refractivity (Wildman–Crippen MR) is 79.8 cm³/mol. The summed E-state index contributed by atoms with van der Waals surface area (Å²) in [4.78, 5) is 28.0. The summed E-state index contributed by atoms with van der Waals surface area (Å²) in [5.41, 5.74) is 0.243. The molecule has 1 aromatic carbocycles. The number of hydrogen-bond donors (Lipinski definition) is 0. The van der Waals surface area contributed by atoms with Crippen LogP contribution in [-0.2, 0) is 0 Å². The minimum Gasteiger partial charge on any atom is -0.395 e. The van der Waals surface area contributed by atoms with E-state index in [1.54, 1.807) is 6.07 Å². The molecular weight excluding hydrogens is 344 g/mol. The van der Waals surface area contributed by atoms with Crippen molar-refractivity contribution in [3.05, 3.63) is 52.8 Å². The van der Waals surface area contributed by atoms with Gasteiger partial charge in [-0.1, -0.05) is 11.6 Å². The molecule has 0 unspecified atom stereocenters. The smallest absolute Gasteiger partial charge is 0.395 e. The topological polar surface area (TPSA) is 65.5 Å². The number of Topliss-reactive ketones (excluding diaryl/α,β-unsaturated/α-hetero) is 2. The van der Waals surface area contributed by atoms with Gasteiger partial charge in [0.05, 0.1) is 5.02 Å². The van der Waals surface area contributed by atoms with E-state index in [0.717, 1.165) is 6.07 Å². The molecule has 1 aliphatic heterocycles. The molecule has 24 heavy (non-hydrogen) atoms. The van der Waals surface area contributed by atoms with Crippen molar-refractivity contribution < 1.29 is 27.8 Å². The van der Waals surface area contributed by atoms with Crippen LogP contribution >= 0.6 is 11.6 Å². The number of alkyl halides is 2. The Balaban J connectivity index is 1.66. The second kappa shape index (κ2) is 6.16. The van der Waals surface area contributed by atoms with Crippen LogP contribution in [0.2, 0.25) is 5.02 Å². The van der Waals surface area contributed by atoms with Crippen LogP contribution in [-0.4, -0.2) is 22.8 Å². The summed E-state index contributed by atoms with van der Waals surface area (Å²) in [6.07, 6.45) is -2.52. The van der Waals surface area contributed by atoms with Gasteiger partial charge in [0.15, 0.2) is 23.1 Å². The first kappa shape index (κ1) is 16.3. The van der Waals surface area contributed by atoms with E-state index in [1.807, 2.05) is 0 Å². The van der Waals surface area contributed by atoms with Gasteiger partial charge in [-0.25, -0.2) is 0 Å². The molecule has 1 aromatic heterocycles. The quantitative estimate of drug-likeness (QED) is 0.763. The fourth-order valence-corrected chi connectivity index (χ4v) is 2.43. The number of benzene rings is 1. The van der Waals surface area contributed by atoms with Gasteiger partial charge in [0, 0.05) is 24.6 Å². The zero-order valence-corrected chi connectivity index (χ0v) is 12.8. The maximum atomic E-state index is 13.0. The van der Waals surface area contributed by atoms with E-state index >= 15 is 0 Å². The normalized spacial score (nSPS) is 14.5. The Morgan fingerprint density at radius 2 is 1.79 bits per heavy atom. The molecule has 0 radical (unpaired) electrons. The number of pyridine rings is 1. The summed E-state index contributed by atoms with van der Waals surface area (Å²) >= 11 is 5.87. The maximum Gasteiger partial charge on any atom is 0.586 e. The number of ether oxygens (including phenoxy) is 2. The molecule has 3 rings (SSSR count). The summed E-state index contributed by atoms with van der Waals surface area (Å²) in [5.74, 6) is -1.13. The number of carbonyl (C=O) groups excluding carboxylic acids is 2. The van der Waals surface area contributed by atoms with Crippen LogP contribution in [0.4, 0.5) is 8.78 Å². The zero-order valence-electron chi connectivity index (χ0n) is 12.1. The van der Waals surface area contributed by atoms with Crippen LogP contribution in [0.1, 0.15) is 33.7 Å². The lowest BCUT2D eigenvalue weighted by Gasteiger charge is -2.04. The summed E-state index contributed by atoms with van der Waals surface area (Å²) in [5, 5.41) is 0.209. The molecule has 0 aliphatic carbocycles. The van der Waals surface area contributed by atoms with Gasteiger partial charge in [0.25, 0.3) is 0 Å². The van der Waals surface area contributed by atoms with Crippen LogP contribution in [0.15, 0.2) is 36.5 Å². The van der Waals surface area contributed by atoms with Crippen LogP contribution < -0.4 is 9.47 Å². The molecule has 0 atom stereocenters. The Hall–Kier alpha value is -2.54. The van der Waals surface area contributed by atoms with Gasteiger partial charge in [-0.05, 0) is 30.3 Å². The number of ketones is 2. The number of hydrogen-bond acceptors (Lipinski definition) is 5. The fourth-order valence-electron chi connectivity index (χ4n) is 2.20. The number of fused-ring (bicyclic) bond motifs is 1. The standard InChI is InChI=1S/C16H10ClF2NO4/c17-10-2-1-7-20-15(10)12(22)5-4-11(21)9-3-6-13-14(8-9)24-16(18,19)23-13/h1-3,6-8H,4-5H2. The van der Waals surface area contributed by atoms with Crippen LogP contribution in [0.5, 0.6) is 11.5 Å². The van der Waals surface area contributed by atoms with Crippen molar-refractivity contribution >= 4 is 23.2 Å². The van der Waals surface area contributed by atoms with Crippen molar-refractivity contribution in [2.45, 2.75) is 19.1 Å². The average Bonchev–Trinajstić information content (AvgIpc) is 2.85. The third-order valence-corrected chi connectivity index (χ3v) is 3.63. The van der Waals surface area contributed by atoms with Crippen LogP contribution in [0.25, 0.3) is 0 Å². The Morgan fingerprint density at radius 1 is 1.08 bits per heavy atom. The molecule has 0 spiro atoms. The molecule has 8 heteroatoms. The maximum absolute atomic E-state index is 13.0. The summed E-state index contributed by atoms with van der Waals surface area (Å²) < 4.78 is 34.5. The first-order valence-electron chi connectivity index (χ1n) is 6.92. The van der Waals surface area contributed by atoms with E-state index in [9.17, 15) is 18.4 Å². The largest absolute Gasteiger partial charge is 0.586 e. The molecular formula is C16H10ClF2NO4. The first-order chi connectivity index (χ1) is 11.4. The van der Waals surface area contributed by atoms with E-state index in [0.29, 0.717) is 0 Å². The predicted octanol–water partition coefficient (Wildman–Crippen LogP) is 3.90. The second-order valence-corrected chi connectivity index (χ2v) is 5.42. The molecule has 0 amide bonds. The minimum absolute atomic E-state index is 0.0947. The minimum atomic E-state index is -3.74. The van der Waals surface area contributed by atoms with Crippen molar-refractivity contribution in [2.75, 3.05) is 0 Å². The molecule has 0 N–H and O–H groups in total. The van der Waals surface area contributed by atoms with Crippen molar-refractivity contribution in [3.63, 3.8) is 0 Å². The Bertz CT molecular complexity index is 825. The Kier molecular flexibility index (Phi) is 4.19. The third-order valence-electron chi connectivity index (χ3n) is 3.32. The lowest BCUT2D eigenvalue weighted by Crippen LogP contribution is -2.25. The molecule has 5 nitrogen and oxygen atoms in total. The van der Waals surface area contributed by atoms with Crippen molar-refractivity contribution in [1.29, 1.82) is 0 Å². The Morgan fingerprint density at radius 3 is 2.54 bits per heavy atom. The van der Waals surface area contributed by atoms with Gasteiger partial charge in [-0.15, -0.1) is 8.78 Å². The van der Waals surface area contributed by atoms with E-state index in [4.69, 9.17) is 11.6 Å². The summed E-state index contributed by atoms with van der Waals surface area (Å²) in [7, 11) is 0. The van der Waals surface area contributed by atoms with E-state index in [2.05, 4.69) is 14.5 Å². The highest BCUT2D eigenvalue weighted by molar-refractivity contribution is 6.33. The highest BCUT2D eigenvalue weighted by Gasteiger charge is 2.43. The van der Waals surface area contributed by atoms with Crippen LogP contribution in [0, 0.1) is 0 Å². The number of carbonyl (C=O) groups is 2.